The minimum absolute atomic E-state index is 0.0755. The monoisotopic (exact) mass is 504 g/mol. The third kappa shape index (κ3) is 4.20. The Morgan fingerprint density at radius 3 is 2.27 bits per heavy atom. The highest BCUT2D eigenvalue weighted by Crippen LogP contribution is 2.67. The highest BCUT2D eigenvalue weighted by Gasteiger charge is 2.77. The van der Waals surface area contributed by atoms with E-state index < -0.39 is 46.4 Å². The third-order valence-electron chi connectivity index (χ3n) is 9.15. The van der Waals surface area contributed by atoms with E-state index >= 15 is 0 Å². The standard InChI is InChI=1S/C31H36O6/c1-28(2)23-19-25(35-26(32)16-15-21-11-7-5-8-12-21)30(4)24(36-27(33)22-13-9-6-10-14-22)17-18-29(3,34)31(30,20-23)37-28/h5-16,23-25,34H,17-20H2,1-4H3/t23-,24+,25+,29-,30-,31-/m1/s1. The second-order valence-corrected chi connectivity index (χ2v) is 11.7. The van der Waals surface area contributed by atoms with E-state index in [1.165, 1.54) is 6.08 Å². The number of hydrogen-bond donors (Lipinski definition) is 1. The third-order valence-corrected chi connectivity index (χ3v) is 9.15. The molecule has 1 spiro atoms. The predicted octanol–water partition coefficient (Wildman–Crippen LogP) is 5.35. The summed E-state index contributed by atoms with van der Waals surface area (Å²) in [5, 5.41) is 11.8. The molecule has 1 saturated heterocycles. The summed E-state index contributed by atoms with van der Waals surface area (Å²) in [5.74, 6) is -0.828. The lowest BCUT2D eigenvalue weighted by Crippen LogP contribution is -2.74. The van der Waals surface area contributed by atoms with E-state index in [1.54, 1.807) is 37.3 Å². The van der Waals surface area contributed by atoms with Crippen molar-refractivity contribution in [3.63, 3.8) is 0 Å². The molecule has 2 saturated carbocycles. The molecule has 1 N–H and O–H groups in total. The van der Waals surface area contributed by atoms with Gasteiger partial charge in [0.1, 0.15) is 17.8 Å². The summed E-state index contributed by atoms with van der Waals surface area (Å²) in [6.07, 6.45) is 3.95. The number of carbonyl (C=O) groups excluding carboxylic acids is 2. The number of aliphatic hydroxyl groups is 1. The Kier molecular flexibility index (Phi) is 6.32. The number of benzene rings is 2. The number of esters is 2. The first-order chi connectivity index (χ1) is 17.5. The highest BCUT2D eigenvalue weighted by atomic mass is 16.6. The van der Waals surface area contributed by atoms with Gasteiger partial charge in [0, 0.05) is 6.08 Å². The normalized spacial score (nSPS) is 36.1. The topological polar surface area (TPSA) is 82.1 Å². The summed E-state index contributed by atoms with van der Waals surface area (Å²) in [7, 11) is 0. The van der Waals surface area contributed by atoms with Crippen molar-refractivity contribution in [1.82, 2.24) is 0 Å². The molecule has 3 fully saturated rings. The molecule has 2 aromatic rings. The molecule has 0 aromatic heterocycles. The maximum absolute atomic E-state index is 13.2. The smallest absolute Gasteiger partial charge is 0.338 e. The van der Waals surface area contributed by atoms with Crippen LogP contribution in [0.5, 0.6) is 0 Å². The van der Waals surface area contributed by atoms with Crippen LogP contribution in [0.15, 0.2) is 66.7 Å². The van der Waals surface area contributed by atoms with E-state index in [-0.39, 0.29) is 5.92 Å². The van der Waals surface area contributed by atoms with Crippen molar-refractivity contribution in [2.24, 2.45) is 11.3 Å². The lowest BCUT2D eigenvalue weighted by molar-refractivity contribution is -0.304. The summed E-state index contributed by atoms with van der Waals surface area (Å²) in [6, 6.07) is 18.4. The Bertz CT molecular complexity index is 1190. The van der Waals surface area contributed by atoms with Crippen LogP contribution < -0.4 is 0 Å². The second kappa shape index (κ2) is 9.10. The van der Waals surface area contributed by atoms with Crippen molar-refractivity contribution in [1.29, 1.82) is 0 Å². The molecular formula is C31H36O6. The lowest BCUT2D eigenvalue weighted by atomic mass is 9.49. The van der Waals surface area contributed by atoms with Gasteiger partial charge in [-0.25, -0.2) is 9.59 Å². The van der Waals surface area contributed by atoms with Crippen molar-refractivity contribution in [2.45, 2.75) is 82.4 Å². The summed E-state index contributed by atoms with van der Waals surface area (Å²) in [4.78, 5) is 26.3. The van der Waals surface area contributed by atoms with Gasteiger partial charge >= 0.3 is 11.9 Å². The van der Waals surface area contributed by atoms with Crippen molar-refractivity contribution < 1.29 is 28.9 Å². The van der Waals surface area contributed by atoms with Crippen LogP contribution in [-0.2, 0) is 19.0 Å². The average molecular weight is 505 g/mol. The summed E-state index contributed by atoms with van der Waals surface area (Å²) in [5.41, 5.74) is -2.37. The molecule has 2 bridgehead atoms. The lowest BCUT2D eigenvalue weighted by Gasteiger charge is -2.62. The zero-order chi connectivity index (χ0) is 26.5. The van der Waals surface area contributed by atoms with Crippen LogP contribution in [-0.4, -0.2) is 46.1 Å². The Hall–Kier alpha value is -2.96. The maximum atomic E-state index is 13.2. The fraction of sp³-hybridized carbons (Fsp3) is 0.484. The van der Waals surface area contributed by atoms with Gasteiger partial charge in [-0.2, -0.15) is 0 Å². The molecule has 6 atom stereocenters. The van der Waals surface area contributed by atoms with Crippen LogP contribution in [0.25, 0.3) is 6.08 Å². The molecule has 2 aromatic carbocycles. The van der Waals surface area contributed by atoms with Crippen LogP contribution in [0.2, 0.25) is 0 Å². The van der Waals surface area contributed by atoms with Crippen molar-refractivity contribution in [3.8, 4) is 0 Å². The van der Waals surface area contributed by atoms with Gasteiger partial charge in [0.15, 0.2) is 0 Å². The Morgan fingerprint density at radius 1 is 0.946 bits per heavy atom. The maximum Gasteiger partial charge on any atom is 0.338 e. The number of fused-ring (bicyclic) bond motifs is 1. The van der Waals surface area contributed by atoms with E-state index in [0.717, 1.165) is 5.56 Å². The number of rotatable bonds is 5. The van der Waals surface area contributed by atoms with E-state index in [4.69, 9.17) is 14.2 Å². The van der Waals surface area contributed by atoms with Crippen LogP contribution in [0.3, 0.4) is 0 Å². The SMILES string of the molecule is CC1(C)O[C@@]23C[C@H]1C[C@H](OC(=O)C=Cc1ccccc1)[C@@]2(C)[C@@H](OC(=O)c1ccccc1)CC[C@@]3(C)O. The van der Waals surface area contributed by atoms with Gasteiger partial charge < -0.3 is 19.3 Å². The van der Waals surface area contributed by atoms with Gasteiger partial charge in [0.2, 0.25) is 0 Å². The molecule has 0 amide bonds. The summed E-state index contributed by atoms with van der Waals surface area (Å²) in [6.45, 7) is 7.82. The minimum Gasteiger partial charge on any atom is -0.458 e. The van der Waals surface area contributed by atoms with Gasteiger partial charge in [0.05, 0.1) is 22.2 Å². The zero-order valence-corrected chi connectivity index (χ0v) is 22.0. The molecule has 0 unspecified atom stereocenters. The van der Waals surface area contributed by atoms with Gasteiger partial charge in [-0.3, -0.25) is 0 Å². The largest absolute Gasteiger partial charge is 0.458 e. The molecule has 6 heteroatoms. The molecule has 3 aliphatic rings. The molecule has 2 aliphatic carbocycles. The van der Waals surface area contributed by atoms with E-state index in [2.05, 4.69) is 0 Å². The van der Waals surface area contributed by atoms with E-state index in [9.17, 15) is 14.7 Å². The van der Waals surface area contributed by atoms with E-state index in [1.807, 2.05) is 57.2 Å². The van der Waals surface area contributed by atoms with Crippen LogP contribution in [0.1, 0.15) is 69.3 Å². The van der Waals surface area contributed by atoms with Crippen molar-refractivity contribution in [3.05, 3.63) is 77.9 Å². The summed E-state index contributed by atoms with van der Waals surface area (Å²) < 4.78 is 19.1. The van der Waals surface area contributed by atoms with E-state index in [0.29, 0.717) is 31.2 Å². The predicted molar refractivity (Wildman–Crippen MR) is 140 cm³/mol. The average Bonchev–Trinajstić information content (AvgIpc) is 3.12. The van der Waals surface area contributed by atoms with Crippen LogP contribution in [0.4, 0.5) is 0 Å². The first-order valence-electron chi connectivity index (χ1n) is 13.1. The molecule has 1 aliphatic heterocycles. The van der Waals surface area contributed by atoms with Gasteiger partial charge in [-0.05, 0) is 83.1 Å². The summed E-state index contributed by atoms with van der Waals surface area (Å²) >= 11 is 0. The quantitative estimate of drug-likeness (QED) is 0.437. The van der Waals surface area contributed by atoms with Crippen LogP contribution in [0, 0.1) is 11.3 Å². The van der Waals surface area contributed by atoms with Gasteiger partial charge in [-0.1, -0.05) is 48.5 Å². The number of carbonyl (C=O) groups is 2. The molecule has 6 nitrogen and oxygen atoms in total. The first kappa shape index (κ1) is 25.7. The minimum atomic E-state index is -1.19. The highest BCUT2D eigenvalue weighted by molar-refractivity contribution is 5.89. The Morgan fingerprint density at radius 2 is 1.59 bits per heavy atom. The van der Waals surface area contributed by atoms with Gasteiger partial charge in [-0.15, -0.1) is 0 Å². The fourth-order valence-corrected chi connectivity index (χ4v) is 6.95. The van der Waals surface area contributed by atoms with Crippen molar-refractivity contribution >= 4 is 18.0 Å². The molecular weight excluding hydrogens is 468 g/mol. The fourth-order valence-electron chi connectivity index (χ4n) is 6.95. The molecule has 37 heavy (non-hydrogen) atoms. The number of ether oxygens (including phenoxy) is 3. The van der Waals surface area contributed by atoms with Gasteiger partial charge in [0.25, 0.3) is 0 Å². The zero-order valence-electron chi connectivity index (χ0n) is 22.0. The van der Waals surface area contributed by atoms with Crippen molar-refractivity contribution in [2.75, 3.05) is 0 Å². The Balaban J connectivity index is 1.50. The second-order valence-electron chi connectivity index (χ2n) is 11.7. The molecule has 196 valence electrons. The molecule has 0 radical (unpaired) electrons. The Labute approximate surface area is 218 Å². The molecule has 5 rings (SSSR count). The molecule has 1 heterocycles. The number of hydrogen-bond acceptors (Lipinski definition) is 6. The first-order valence-corrected chi connectivity index (χ1v) is 13.1. The van der Waals surface area contributed by atoms with Crippen LogP contribution >= 0.6 is 0 Å².